The minimum atomic E-state index is -0.0589. The number of thioether (sulfide) groups is 1. The van der Waals surface area contributed by atoms with Gasteiger partial charge < -0.3 is 10.4 Å². The number of aryl methyl sites for hydroxylation is 1. The van der Waals surface area contributed by atoms with Crippen molar-refractivity contribution >= 4 is 33.6 Å². The molecule has 0 saturated heterocycles. The summed E-state index contributed by atoms with van der Waals surface area (Å²) in [5.41, 5.74) is 1.10. The number of hydrogen-bond donors (Lipinski definition) is 2. The second-order valence-electron chi connectivity index (χ2n) is 6.20. The van der Waals surface area contributed by atoms with Gasteiger partial charge in [0.2, 0.25) is 5.91 Å². The average molecular weight is 374 g/mol. The van der Waals surface area contributed by atoms with Gasteiger partial charge >= 0.3 is 0 Å². The zero-order chi connectivity index (χ0) is 16.0. The molecule has 5 heteroatoms. The highest BCUT2D eigenvalue weighted by atomic mass is 79.9. The van der Waals surface area contributed by atoms with Crippen molar-refractivity contribution in [3.05, 3.63) is 28.2 Å². The van der Waals surface area contributed by atoms with Crippen LogP contribution in [0.25, 0.3) is 0 Å². The number of carbonyl (C=O) groups is 1. The lowest BCUT2D eigenvalue weighted by atomic mass is 9.85. The highest BCUT2D eigenvalue weighted by Gasteiger charge is 2.25. The molecule has 0 radical (unpaired) electrons. The summed E-state index contributed by atoms with van der Waals surface area (Å²) in [5.74, 6) is 0.399. The van der Waals surface area contributed by atoms with E-state index in [1.165, 1.54) is 11.8 Å². The van der Waals surface area contributed by atoms with Crippen molar-refractivity contribution in [2.75, 3.05) is 12.4 Å². The minimum absolute atomic E-state index is 0.00990. The predicted octanol–water partition coefficient (Wildman–Crippen LogP) is 3.76. The van der Waals surface area contributed by atoms with Gasteiger partial charge in [-0.05, 0) is 42.5 Å². The maximum atomic E-state index is 12.1. The Morgan fingerprint density at radius 1 is 1.43 bits per heavy atom. The van der Waals surface area contributed by atoms with Gasteiger partial charge in [-0.25, -0.2) is 0 Å². The van der Waals surface area contributed by atoms with Crippen LogP contribution >= 0.6 is 27.7 Å². The van der Waals surface area contributed by atoms with E-state index in [2.05, 4.69) is 42.0 Å². The fourth-order valence-electron chi connectivity index (χ4n) is 2.00. The molecule has 0 heterocycles. The summed E-state index contributed by atoms with van der Waals surface area (Å²) in [6.45, 7) is 8.33. The molecular formula is C16H24BrNO2S. The lowest BCUT2D eigenvalue weighted by Gasteiger charge is -2.31. The van der Waals surface area contributed by atoms with Gasteiger partial charge in [-0.1, -0.05) is 36.7 Å². The SMILES string of the molecule is Cc1cc(Br)ccc1SCC(=O)NC(CCO)C(C)(C)C. The minimum Gasteiger partial charge on any atom is -0.396 e. The molecule has 1 atom stereocenters. The third-order valence-electron chi connectivity index (χ3n) is 3.29. The first-order valence-corrected chi connectivity index (χ1v) is 8.81. The number of rotatable bonds is 6. The fraction of sp³-hybridized carbons (Fsp3) is 0.562. The molecule has 0 spiro atoms. The molecule has 0 fully saturated rings. The van der Waals surface area contributed by atoms with Gasteiger partial charge in [-0.15, -0.1) is 11.8 Å². The van der Waals surface area contributed by atoms with E-state index in [4.69, 9.17) is 5.11 Å². The first-order chi connectivity index (χ1) is 9.74. The van der Waals surface area contributed by atoms with E-state index < -0.39 is 0 Å². The van der Waals surface area contributed by atoms with Crippen LogP contribution in [-0.2, 0) is 4.79 Å². The number of carbonyl (C=O) groups excluding carboxylic acids is 1. The average Bonchev–Trinajstić information content (AvgIpc) is 2.36. The Kier molecular flexibility index (Phi) is 7.24. The summed E-state index contributed by atoms with van der Waals surface area (Å²) in [6, 6.07) is 6.04. The summed E-state index contributed by atoms with van der Waals surface area (Å²) >= 11 is 4.98. The van der Waals surface area contributed by atoms with Gasteiger partial charge in [0.1, 0.15) is 0 Å². The molecule has 2 N–H and O–H groups in total. The molecule has 0 aliphatic rings. The van der Waals surface area contributed by atoms with Crippen molar-refractivity contribution in [2.45, 2.75) is 45.1 Å². The molecule has 0 aromatic heterocycles. The van der Waals surface area contributed by atoms with Gasteiger partial charge in [0, 0.05) is 22.0 Å². The number of nitrogens with one attached hydrogen (secondary N) is 1. The molecule has 1 rings (SSSR count). The zero-order valence-corrected chi connectivity index (χ0v) is 15.5. The Bertz CT molecular complexity index is 486. The molecule has 0 aliphatic carbocycles. The molecular weight excluding hydrogens is 350 g/mol. The van der Waals surface area contributed by atoms with Crippen LogP contribution in [0.3, 0.4) is 0 Å². The van der Waals surface area contributed by atoms with Crippen molar-refractivity contribution in [1.82, 2.24) is 5.32 Å². The Balaban J connectivity index is 2.57. The molecule has 21 heavy (non-hydrogen) atoms. The smallest absolute Gasteiger partial charge is 0.230 e. The van der Waals surface area contributed by atoms with E-state index >= 15 is 0 Å². The molecule has 0 saturated carbocycles. The lowest BCUT2D eigenvalue weighted by Crippen LogP contribution is -2.45. The summed E-state index contributed by atoms with van der Waals surface area (Å²) in [7, 11) is 0. The molecule has 3 nitrogen and oxygen atoms in total. The van der Waals surface area contributed by atoms with Crippen LogP contribution in [-0.4, -0.2) is 29.4 Å². The van der Waals surface area contributed by atoms with Crippen LogP contribution in [0.1, 0.15) is 32.8 Å². The van der Waals surface area contributed by atoms with Gasteiger partial charge in [0.05, 0.1) is 5.75 Å². The summed E-state index contributed by atoms with van der Waals surface area (Å²) in [5, 5.41) is 12.2. The van der Waals surface area contributed by atoms with Crippen molar-refractivity contribution < 1.29 is 9.90 Å². The van der Waals surface area contributed by atoms with Crippen molar-refractivity contribution in [2.24, 2.45) is 5.41 Å². The van der Waals surface area contributed by atoms with Crippen LogP contribution in [0.2, 0.25) is 0 Å². The highest BCUT2D eigenvalue weighted by molar-refractivity contribution is 9.10. The van der Waals surface area contributed by atoms with E-state index in [1.807, 2.05) is 25.1 Å². The zero-order valence-electron chi connectivity index (χ0n) is 13.1. The third-order valence-corrected chi connectivity index (χ3v) is 4.96. The largest absolute Gasteiger partial charge is 0.396 e. The third kappa shape index (κ3) is 6.41. The molecule has 1 unspecified atom stereocenters. The van der Waals surface area contributed by atoms with Gasteiger partial charge in [-0.2, -0.15) is 0 Å². The van der Waals surface area contributed by atoms with E-state index in [1.54, 1.807) is 0 Å². The molecule has 118 valence electrons. The Labute approximate surface area is 140 Å². The van der Waals surface area contributed by atoms with Crippen LogP contribution in [0.15, 0.2) is 27.6 Å². The second kappa shape index (κ2) is 8.20. The lowest BCUT2D eigenvalue weighted by molar-refractivity contribution is -0.120. The van der Waals surface area contributed by atoms with E-state index in [9.17, 15) is 4.79 Å². The Hall–Kier alpha value is -0.520. The number of hydrogen-bond acceptors (Lipinski definition) is 3. The molecule has 0 aliphatic heterocycles. The number of amides is 1. The molecule has 1 aromatic rings. The summed E-state index contributed by atoms with van der Waals surface area (Å²) < 4.78 is 1.05. The standard InChI is InChI=1S/C16H24BrNO2S/c1-11-9-12(17)5-6-13(11)21-10-15(20)18-14(7-8-19)16(2,3)4/h5-6,9,14,19H,7-8,10H2,1-4H3,(H,18,20). The summed E-state index contributed by atoms with van der Waals surface area (Å²) in [4.78, 5) is 13.2. The van der Waals surface area contributed by atoms with Crippen LogP contribution in [0, 0.1) is 12.3 Å². The Morgan fingerprint density at radius 3 is 2.62 bits per heavy atom. The monoisotopic (exact) mass is 373 g/mol. The maximum Gasteiger partial charge on any atom is 0.230 e. The van der Waals surface area contributed by atoms with Crippen molar-refractivity contribution in [1.29, 1.82) is 0 Å². The molecule has 0 bridgehead atoms. The van der Waals surface area contributed by atoms with E-state index in [-0.39, 0.29) is 24.0 Å². The quantitative estimate of drug-likeness (QED) is 0.746. The number of aliphatic hydroxyl groups is 1. The van der Waals surface area contributed by atoms with E-state index in [0.29, 0.717) is 12.2 Å². The van der Waals surface area contributed by atoms with E-state index in [0.717, 1.165) is 14.9 Å². The first kappa shape index (κ1) is 18.5. The van der Waals surface area contributed by atoms with Crippen LogP contribution in [0.4, 0.5) is 0 Å². The van der Waals surface area contributed by atoms with Gasteiger partial charge in [0.25, 0.3) is 0 Å². The van der Waals surface area contributed by atoms with Gasteiger partial charge in [-0.3, -0.25) is 4.79 Å². The number of aliphatic hydroxyl groups excluding tert-OH is 1. The highest BCUT2D eigenvalue weighted by Crippen LogP contribution is 2.26. The topological polar surface area (TPSA) is 49.3 Å². The first-order valence-electron chi connectivity index (χ1n) is 7.03. The number of halogens is 1. The maximum absolute atomic E-state index is 12.1. The molecule has 1 aromatic carbocycles. The second-order valence-corrected chi connectivity index (χ2v) is 8.13. The number of benzene rings is 1. The predicted molar refractivity (Wildman–Crippen MR) is 92.7 cm³/mol. The van der Waals surface area contributed by atoms with Crippen LogP contribution in [0.5, 0.6) is 0 Å². The van der Waals surface area contributed by atoms with Crippen LogP contribution < -0.4 is 5.32 Å². The van der Waals surface area contributed by atoms with Crippen molar-refractivity contribution in [3.63, 3.8) is 0 Å². The summed E-state index contributed by atoms with van der Waals surface area (Å²) in [6.07, 6.45) is 0.581. The van der Waals surface area contributed by atoms with Gasteiger partial charge in [0.15, 0.2) is 0 Å². The fourth-order valence-corrected chi connectivity index (χ4v) is 3.30. The Morgan fingerprint density at radius 2 is 2.10 bits per heavy atom. The normalized spacial score (nSPS) is 13.0. The van der Waals surface area contributed by atoms with Crippen molar-refractivity contribution in [3.8, 4) is 0 Å². The molecule has 1 amide bonds.